The van der Waals surface area contributed by atoms with Gasteiger partial charge in [0.15, 0.2) is 0 Å². The molecule has 0 bridgehead atoms. The van der Waals surface area contributed by atoms with E-state index < -0.39 is 0 Å². The third-order valence-corrected chi connectivity index (χ3v) is 5.70. The van der Waals surface area contributed by atoms with Crippen molar-refractivity contribution in [1.29, 1.82) is 0 Å². The summed E-state index contributed by atoms with van der Waals surface area (Å²) in [6.07, 6.45) is 1.55. The number of imidazole rings is 1. The van der Waals surface area contributed by atoms with Gasteiger partial charge in [-0.1, -0.05) is 12.1 Å². The van der Waals surface area contributed by atoms with Gasteiger partial charge in [-0.3, -0.25) is 4.79 Å². The summed E-state index contributed by atoms with van der Waals surface area (Å²) in [6, 6.07) is 6.07. The van der Waals surface area contributed by atoms with Crippen LogP contribution in [0.5, 0.6) is 0 Å². The summed E-state index contributed by atoms with van der Waals surface area (Å²) >= 11 is 0. The smallest absolute Gasteiger partial charge is 0.320 e. The van der Waals surface area contributed by atoms with E-state index in [4.69, 9.17) is 0 Å². The monoisotopic (exact) mass is 385 g/mol. The van der Waals surface area contributed by atoms with Gasteiger partial charge in [-0.25, -0.2) is 14.2 Å². The molecule has 2 fully saturated rings. The molecule has 148 valence electrons. The molecule has 28 heavy (non-hydrogen) atoms. The van der Waals surface area contributed by atoms with Crippen molar-refractivity contribution in [1.82, 2.24) is 24.7 Å². The first kappa shape index (κ1) is 18.5. The maximum atomic E-state index is 13.9. The number of hydrogen-bond acceptors (Lipinski definition) is 3. The van der Waals surface area contributed by atoms with E-state index in [1.807, 2.05) is 15.9 Å². The van der Waals surface area contributed by atoms with E-state index in [0.29, 0.717) is 31.2 Å². The molecule has 2 aromatic rings. The average molecular weight is 385 g/mol. The number of aromatic nitrogens is 2. The van der Waals surface area contributed by atoms with Gasteiger partial charge in [0.05, 0.1) is 12.2 Å². The number of carbonyl (C=O) groups is 2. The number of aryl methyl sites for hydroxylation is 1. The third kappa shape index (κ3) is 3.12. The van der Waals surface area contributed by atoms with Crippen LogP contribution in [-0.2, 0) is 0 Å². The minimum Gasteiger partial charge on any atom is -0.338 e. The maximum Gasteiger partial charge on any atom is 0.320 e. The number of aromatic amines is 1. The number of nitrogens with one attached hydrogen (secondary N) is 1. The summed E-state index contributed by atoms with van der Waals surface area (Å²) in [5, 5.41) is 0. The van der Waals surface area contributed by atoms with Crippen molar-refractivity contribution >= 4 is 11.9 Å². The Kier molecular flexibility index (Phi) is 4.56. The van der Waals surface area contributed by atoms with Crippen molar-refractivity contribution in [2.45, 2.75) is 13.0 Å². The molecule has 1 N–H and O–H groups in total. The standard InChI is InChI=1S/C20H24FN5O2/c1-12-22-8-17(23-12)19(27)25-9-14-10-26(20(28)24(2)3)18(16(14)11-25)13-5-4-6-15(21)7-13/h4-8,14,16,18H,9-11H2,1-3H3,(H,22,23)/t14-,16-,18+/m1/s1. The van der Waals surface area contributed by atoms with Crippen LogP contribution < -0.4 is 0 Å². The van der Waals surface area contributed by atoms with Crippen molar-refractivity contribution in [3.05, 3.63) is 53.4 Å². The number of H-pyrrole nitrogens is 1. The summed E-state index contributed by atoms with van der Waals surface area (Å²) in [5.74, 6) is 0.516. The van der Waals surface area contributed by atoms with Gasteiger partial charge in [-0.05, 0) is 24.6 Å². The van der Waals surface area contributed by atoms with Gasteiger partial charge in [-0.15, -0.1) is 0 Å². The molecule has 0 saturated carbocycles. The SMILES string of the molecule is Cc1ncc(C(=O)N2C[C@@H]3CN(C(=O)N(C)C)[C@@H](c4cccc(F)c4)[C@@H]3C2)[nH]1. The van der Waals surface area contributed by atoms with Gasteiger partial charge in [0.2, 0.25) is 0 Å². The number of rotatable bonds is 2. The summed E-state index contributed by atoms with van der Waals surface area (Å²) < 4.78 is 13.9. The molecule has 1 aromatic heterocycles. The number of urea groups is 1. The molecular formula is C20H24FN5O2. The lowest BCUT2D eigenvalue weighted by molar-refractivity contribution is 0.0761. The highest BCUT2D eigenvalue weighted by Crippen LogP contribution is 2.45. The summed E-state index contributed by atoms with van der Waals surface area (Å²) in [4.78, 5) is 37.8. The summed E-state index contributed by atoms with van der Waals surface area (Å²) in [7, 11) is 3.44. The highest BCUT2D eigenvalue weighted by atomic mass is 19.1. The molecule has 0 unspecified atom stereocenters. The number of fused-ring (bicyclic) bond motifs is 1. The first-order chi connectivity index (χ1) is 13.3. The fourth-order valence-electron chi connectivity index (χ4n) is 4.48. The highest BCUT2D eigenvalue weighted by Gasteiger charge is 2.50. The van der Waals surface area contributed by atoms with E-state index in [2.05, 4.69) is 9.97 Å². The molecule has 0 aliphatic carbocycles. The summed E-state index contributed by atoms with van der Waals surface area (Å²) in [5.41, 5.74) is 1.25. The van der Waals surface area contributed by atoms with Crippen LogP contribution in [0.25, 0.3) is 0 Å². The lowest BCUT2D eigenvalue weighted by Gasteiger charge is -2.31. The molecule has 3 heterocycles. The fraction of sp³-hybridized carbons (Fsp3) is 0.450. The summed E-state index contributed by atoms with van der Waals surface area (Å²) in [6.45, 7) is 3.46. The Morgan fingerprint density at radius 3 is 2.68 bits per heavy atom. The van der Waals surface area contributed by atoms with Crippen LogP contribution in [0.1, 0.15) is 27.9 Å². The number of halogens is 1. The fourth-order valence-corrected chi connectivity index (χ4v) is 4.48. The molecule has 0 spiro atoms. The average Bonchev–Trinajstić information content (AvgIpc) is 3.34. The zero-order chi connectivity index (χ0) is 20.0. The van der Waals surface area contributed by atoms with Gasteiger partial charge < -0.3 is 19.7 Å². The largest absolute Gasteiger partial charge is 0.338 e. The molecule has 8 heteroatoms. The number of hydrogen-bond donors (Lipinski definition) is 1. The molecule has 3 amide bonds. The highest BCUT2D eigenvalue weighted by molar-refractivity contribution is 5.92. The third-order valence-electron chi connectivity index (χ3n) is 5.70. The van der Waals surface area contributed by atoms with E-state index in [9.17, 15) is 14.0 Å². The predicted molar refractivity (Wildman–Crippen MR) is 101 cm³/mol. The molecule has 7 nitrogen and oxygen atoms in total. The first-order valence-electron chi connectivity index (χ1n) is 9.39. The number of nitrogens with zero attached hydrogens (tertiary/aromatic N) is 4. The van der Waals surface area contributed by atoms with E-state index >= 15 is 0 Å². The van der Waals surface area contributed by atoms with E-state index in [1.165, 1.54) is 12.1 Å². The molecule has 2 saturated heterocycles. The van der Waals surface area contributed by atoms with Crippen molar-refractivity contribution < 1.29 is 14.0 Å². The van der Waals surface area contributed by atoms with Crippen LogP contribution in [0.15, 0.2) is 30.5 Å². The second kappa shape index (κ2) is 6.92. The zero-order valence-electron chi connectivity index (χ0n) is 16.2. The Hall–Kier alpha value is -2.90. The number of carbonyl (C=O) groups excluding carboxylic acids is 2. The Balaban J connectivity index is 1.62. The minimum absolute atomic E-state index is 0.0682. The van der Waals surface area contributed by atoms with Crippen LogP contribution >= 0.6 is 0 Å². The maximum absolute atomic E-state index is 13.9. The zero-order valence-corrected chi connectivity index (χ0v) is 16.2. The van der Waals surface area contributed by atoms with Crippen molar-refractivity contribution in [2.75, 3.05) is 33.7 Å². The van der Waals surface area contributed by atoms with E-state index in [0.717, 1.165) is 5.56 Å². The van der Waals surface area contributed by atoms with E-state index in [1.54, 1.807) is 38.2 Å². The second-order valence-corrected chi connectivity index (χ2v) is 7.85. The number of benzene rings is 1. The van der Waals surface area contributed by atoms with Gasteiger partial charge in [0, 0.05) is 45.6 Å². The molecule has 3 atom stereocenters. The lowest BCUT2D eigenvalue weighted by Crippen LogP contribution is -2.42. The van der Waals surface area contributed by atoms with Gasteiger partial charge >= 0.3 is 6.03 Å². The van der Waals surface area contributed by atoms with Crippen LogP contribution in [-0.4, -0.2) is 70.3 Å². The molecule has 0 radical (unpaired) electrons. The lowest BCUT2D eigenvalue weighted by atomic mass is 9.89. The number of likely N-dealkylation sites (tertiary alicyclic amines) is 2. The van der Waals surface area contributed by atoms with Crippen molar-refractivity contribution in [2.24, 2.45) is 11.8 Å². The Morgan fingerprint density at radius 2 is 2.04 bits per heavy atom. The Morgan fingerprint density at radius 1 is 1.25 bits per heavy atom. The van der Waals surface area contributed by atoms with Gasteiger partial charge in [-0.2, -0.15) is 0 Å². The quantitative estimate of drug-likeness (QED) is 0.862. The second-order valence-electron chi connectivity index (χ2n) is 7.85. The molecule has 2 aliphatic heterocycles. The van der Waals surface area contributed by atoms with Gasteiger partial charge in [0.25, 0.3) is 5.91 Å². The van der Waals surface area contributed by atoms with Crippen LogP contribution in [0.2, 0.25) is 0 Å². The van der Waals surface area contributed by atoms with Crippen LogP contribution in [0.4, 0.5) is 9.18 Å². The topological polar surface area (TPSA) is 72.5 Å². The molecule has 4 rings (SSSR count). The van der Waals surface area contributed by atoms with Gasteiger partial charge in [0.1, 0.15) is 17.3 Å². The first-order valence-corrected chi connectivity index (χ1v) is 9.39. The minimum atomic E-state index is -0.322. The number of amides is 3. The normalized spacial score (nSPS) is 23.8. The van der Waals surface area contributed by atoms with Crippen LogP contribution in [0.3, 0.4) is 0 Å². The van der Waals surface area contributed by atoms with Crippen molar-refractivity contribution in [3.63, 3.8) is 0 Å². The Bertz CT molecular complexity index is 912. The molecular weight excluding hydrogens is 361 g/mol. The predicted octanol–water partition coefficient (Wildman–Crippen LogP) is 2.28. The van der Waals surface area contributed by atoms with Crippen molar-refractivity contribution in [3.8, 4) is 0 Å². The van der Waals surface area contributed by atoms with E-state index in [-0.39, 0.29) is 35.6 Å². The molecule has 1 aromatic carbocycles. The van der Waals surface area contributed by atoms with Crippen LogP contribution in [0, 0.1) is 24.6 Å². The Labute approximate surface area is 163 Å². The molecule has 2 aliphatic rings.